The van der Waals surface area contributed by atoms with Crippen molar-refractivity contribution >= 4 is 26.4 Å². The molecule has 1 aliphatic heterocycles. The van der Waals surface area contributed by atoms with Gasteiger partial charge in [-0.1, -0.05) is 13.0 Å². The standard InChI is InChI=1S/C22H22F2N2O2S/c1-14-7-9-26(10-8-14)22-18-11-16(23)4-6-20(18)25-13-21(22)29(27,28)17-5-3-15(2)19(24)12-17/h3-6,11-14H,7-10H2,1-2H3. The molecule has 0 unspecified atom stereocenters. The molecule has 7 heteroatoms. The Hall–Kier alpha value is -2.54. The van der Waals surface area contributed by atoms with Crippen LogP contribution < -0.4 is 4.90 Å². The predicted octanol–water partition coefficient (Wildman–Crippen LogP) is 4.89. The summed E-state index contributed by atoms with van der Waals surface area (Å²) in [7, 11) is -4.04. The number of piperidine rings is 1. The van der Waals surface area contributed by atoms with Crippen LogP contribution in [-0.2, 0) is 9.84 Å². The highest BCUT2D eigenvalue weighted by Gasteiger charge is 2.29. The number of hydrogen-bond acceptors (Lipinski definition) is 4. The maximum atomic E-state index is 14.1. The second kappa shape index (κ2) is 7.37. The molecule has 2 heterocycles. The molecule has 0 amide bonds. The van der Waals surface area contributed by atoms with Crippen molar-refractivity contribution in [3.63, 3.8) is 0 Å². The molecule has 0 radical (unpaired) electrons. The average molecular weight is 416 g/mol. The second-order valence-corrected chi connectivity index (χ2v) is 9.63. The van der Waals surface area contributed by atoms with Gasteiger partial charge in [0.15, 0.2) is 0 Å². The van der Waals surface area contributed by atoms with E-state index in [4.69, 9.17) is 0 Å². The molecule has 0 spiro atoms. The van der Waals surface area contributed by atoms with E-state index in [0.717, 1.165) is 18.9 Å². The number of hydrogen-bond donors (Lipinski definition) is 0. The zero-order chi connectivity index (χ0) is 20.8. The van der Waals surface area contributed by atoms with Crippen LogP contribution in [0.5, 0.6) is 0 Å². The van der Waals surface area contributed by atoms with Gasteiger partial charge < -0.3 is 4.90 Å². The Morgan fingerprint density at radius 2 is 1.79 bits per heavy atom. The van der Waals surface area contributed by atoms with Crippen LogP contribution in [-0.4, -0.2) is 26.5 Å². The summed E-state index contributed by atoms with van der Waals surface area (Å²) in [5.41, 5.74) is 1.34. The lowest BCUT2D eigenvalue weighted by atomic mass is 9.98. The molecule has 4 nitrogen and oxygen atoms in total. The van der Waals surface area contributed by atoms with Crippen LogP contribution in [0, 0.1) is 24.5 Å². The third-order valence-electron chi connectivity index (χ3n) is 5.61. The lowest BCUT2D eigenvalue weighted by Crippen LogP contribution is -2.34. The Kier molecular flexibility index (Phi) is 5.02. The first-order valence-corrected chi connectivity index (χ1v) is 11.1. The minimum absolute atomic E-state index is 0.0200. The number of halogens is 2. The largest absolute Gasteiger partial charge is 0.370 e. The minimum Gasteiger partial charge on any atom is -0.370 e. The van der Waals surface area contributed by atoms with Crippen LogP contribution in [0.4, 0.5) is 14.5 Å². The van der Waals surface area contributed by atoms with Gasteiger partial charge in [0, 0.05) is 24.7 Å². The molecule has 1 saturated heterocycles. The molecule has 29 heavy (non-hydrogen) atoms. The molecule has 152 valence electrons. The van der Waals surface area contributed by atoms with Gasteiger partial charge in [0.05, 0.1) is 16.1 Å². The fourth-order valence-corrected chi connectivity index (χ4v) is 5.20. The number of fused-ring (bicyclic) bond motifs is 1. The zero-order valence-electron chi connectivity index (χ0n) is 16.3. The number of aryl methyl sites for hydroxylation is 1. The van der Waals surface area contributed by atoms with Crippen molar-refractivity contribution in [2.75, 3.05) is 18.0 Å². The third-order valence-corrected chi connectivity index (χ3v) is 7.36. The Labute approximate surface area is 169 Å². The number of anilines is 1. The number of pyridine rings is 1. The van der Waals surface area contributed by atoms with Gasteiger partial charge in [-0.3, -0.25) is 4.98 Å². The monoisotopic (exact) mass is 416 g/mol. The highest BCUT2D eigenvalue weighted by molar-refractivity contribution is 7.91. The summed E-state index contributed by atoms with van der Waals surface area (Å²) >= 11 is 0. The van der Waals surface area contributed by atoms with E-state index in [0.29, 0.717) is 41.2 Å². The maximum Gasteiger partial charge on any atom is 0.210 e. The average Bonchev–Trinajstić information content (AvgIpc) is 2.69. The van der Waals surface area contributed by atoms with E-state index in [-0.39, 0.29) is 9.79 Å². The van der Waals surface area contributed by atoms with Crippen LogP contribution in [0.25, 0.3) is 10.9 Å². The molecule has 3 aromatic rings. The minimum atomic E-state index is -4.04. The quantitative estimate of drug-likeness (QED) is 0.610. The van der Waals surface area contributed by atoms with Crippen molar-refractivity contribution in [2.24, 2.45) is 5.92 Å². The zero-order valence-corrected chi connectivity index (χ0v) is 17.1. The number of rotatable bonds is 3. The van der Waals surface area contributed by atoms with Crippen molar-refractivity contribution in [3.8, 4) is 0 Å². The van der Waals surface area contributed by atoms with Crippen LogP contribution in [0.2, 0.25) is 0 Å². The van der Waals surface area contributed by atoms with Crippen LogP contribution in [0.15, 0.2) is 52.4 Å². The molecule has 1 fully saturated rings. The van der Waals surface area contributed by atoms with Gasteiger partial charge in [0.1, 0.15) is 16.5 Å². The summed E-state index contributed by atoms with van der Waals surface area (Å²) in [6.45, 7) is 5.07. The van der Waals surface area contributed by atoms with Gasteiger partial charge in [0.25, 0.3) is 0 Å². The molecule has 0 aliphatic carbocycles. The van der Waals surface area contributed by atoms with Gasteiger partial charge >= 0.3 is 0 Å². The Morgan fingerprint density at radius 1 is 1.07 bits per heavy atom. The fraction of sp³-hybridized carbons (Fsp3) is 0.318. The van der Waals surface area contributed by atoms with Crippen LogP contribution in [0.3, 0.4) is 0 Å². The summed E-state index contributed by atoms with van der Waals surface area (Å²) in [6, 6.07) is 8.04. The smallest absolute Gasteiger partial charge is 0.210 e. The first-order chi connectivity index (χ1) is 13.8. The molecule has 0 N–H and O–H groups in total. The van der Waals surface area contributed by atoms with Crippen LogP contribution in [0.1, 0.15) is 25.3 Å². The van der Waals surface area contributed by atoms with E-state index in [1.165, 1.54) is 30.5 Å². The Morgan fingerprint density at radius 3 is 2.48 bits per heavy atom. The number of sulfone groups is 1. The van der Waals surface area contributed by atoms with E-state index < -0.39 is 21.5 Å². The summed E-state index contributed by atoms with van der Waals surface area (Å²) < 4.78 is 55.0. The first kappa shape index (κ1) is 19.8. The molecular formula is C22H22F2N2O2S. The molecule has 2 aromatic carbocycles. The normalized spacial score (nSPS) is 15.8. The maximum absolute atomic E-state index is 14.1. The highest BCUT2D eigenvalue weighted by atomic mass is 32.2. The summed E-state index contributed by atoms with van der Waals surface area (Å²) in [4.78, 5) is 6.09. The SMILES string of the molecule is Cc1ccc(S(=O)(=O)c2cnc3ccc(F)cc3c2N2CCC(C)CC2)cc1F. The summed E-state index contributed by atoms with van der Waals surface area (Å²) in [6.07, 6.45) is 3.14. The van der Waals surface area contributed by atoms with E-state index >= 15 is 0 Å². The van der Waals surface area contributed by atoms with E-state index in [1.807, 2.05) is 4.90 Å². The Balaban J connectivity index is 1.96. The van der Waals surface area contributed by atoms with Gasteiger partial charge in [-0.05, 0) is 61.6 Å². The van der Waals surface area contributed by atoms with Crippen molar-refractivity contribution in [1.29, 1.82) is 0 Å². The van der Waals surface area contributed by atoms with Gasteiger partial charge in [-0.15, -0.1) is 0 Å². The van der Waals surface area contributed by atoms with Crippen LogP contribution >= 0.6 is 0 Å². The lowest BCUT2D eigenvalue weighted by molar-refractivity contribution is 0.437. The summed E-state index contributed by atoms with van der Waals surface area (Å²) in [5, 5.41) is 0.452. The lowest BCUT2D eigenvalue weighted by Gasteiger charge is -2.34. The Bertz CT molecular complexity index is 1190. The highest BCUT2D eigenvalue weighted by Crippen LogP contribution is 2.38. The predicted molar refractivity (Wildman–Crippen MR) is 109 cm³/mol. The van der Waals surface area contributed by atoms with E-state index in [1.54, 1.807) is 13.0 Å². The van der Waals surface area contributed by atoms with Gasteiger partial charge in [-0.25, -0.2) is 17.2 Å². The van der Waals surface area contributed by atoms with Crippen molar-refractivity contribution in [3.05, 3.63) is 59.8 Å². The fourth-order valence-electron chi connectivity index (χ4n) is 3.76. The number of benzene rings is 2. The van der Waals surface area contributed by atoms with Gasteiger partial charge in [-0.2, -0.15) is 0 Å². The van der Waals surface area contributed by atoms with E-state index in [9.17, 15) is 17.2 Å². The second-order valence-electron chi connectivity index (χ2n) is 7.72. The number of aromatic nitrogens is 1. The third kappa shape index (κ3) is 3.59. The van der Waals surface area contributed by atoms with Gasteiger partial charge in [0.2, 0.25) is 9.84 Å². The molecule has 0 atom stereocenters. The summed E-state index contributed by atoms with van der Waals surface area (Å²) in [5.74, 6) is -0.497. The van der Waals surface area contributed by atoms with E-state index in [2.05, 4.69) is 11.9 Å². The van der Waals surface area contributed by atoms with Crippen molar-refractivity contribution in [2.45, 2.75) is 36.5 Å². The van der Waals surface area contributed by atoms with Crippen molar-refractivity contribution < 1.29 is 17.2 Å². The molecular weight excluding hydrogens is 394 g/mol. The molecule has 4 rings (SSSR count). The number of nitrogens with zero attached hydrogens (tertiary/aromatic N) is 2. The first-order valence-electron chi connectivity index (χ1n) is 9.62. The molecule has 1 aliphatic rings. The molecule has 0 saturated carbocycles. The van der Waals surface area contributed by atoms with Crippen molar-refractivity contribution in [1.82, 2.24) is 4.98 Å². The molecule has 1 aromatic heterocycles. The topological polar surface area (TPSA) is 50.3 Å². The molecule has 0 bridgehead atoms.